The van der Waals surface area contributed by atoms with Gasteiger partial charge in [0.15, 0.2) is 5.43 Å². The van der Waals surface area contributed by atoms with E-state index in [0.717, 1.165) is 16.6 Å². The Morgan fingerprint density at radius 3 is 2.60 bits per heavy atom. The van der Waals surface area contributed by atoms with Crippen molar-refractivity contribution >= 4 is 33.5 Å². The van der Waals surface area contributed by atoms with Crippen LogP contribution in [-0.4, -0.2) is 20.4 Å². The Morgan fingerprint density at radius 2 is 1.73 bits per heavy atom. The van der Waals surface area contributed by atoms with Crippen molar-refractivity contribution in [3.05, 3.63) is 107 Å². The third-order valence-electron chi connectivity index (χ3n) is 5.07. The Bertz CT molecular complexity index is 1430. The number of hydrogen-bond donors (Lipinski definition) is 2. The molecule has 1 amide bonds. The van der Waals surface area contributed by atoms with Gasteiger partial charge < -0.3 is 14.9 Å². The van der Waals surface area contributed by atoms with Crippen molar-refractivity contribution in [2.75, 3.05) is 5.32 Å². The number of hydrogen-bond acceptors (Lipinski definition) is 3. The van der Waals surface area contributed by atoms with Gasteiger partial charge in [-0.15, -0.1) is 0 Å². The van der Waals surface area contributed by atoms with Gasteiger partial charge in [-0.2, -0.15) is 0 Å². The predicted octanol–water partition coefficient (Wildman–Crippen LogP) is 4.18. The van der Waals surface area contributed by atoms with Crippen LogP contribution in [0.2, 0.25) is 0 Å². The number of pyridine rings is 1. The summed E-state index contributed by atoms with van der Waals surface area (Å²) in [4.78, 5) is 32.3. The predicted molar refractivity (Wildman–Crippen MR) is 118 cm³/mol. The van der Waals surface area contributed by atoms with E-state index in [0.29, 0.717) is 23.1 Å². The molecule has 0 aliphatic carbocycles. The number of fused-ring (bicyclic) bond motifs is 2. The lowest BCUT2D eigenvalue weighted by Crippen LogP contribution is -2.17. The monoisotopic (exact) mass is 394 g/mol. The summed E-state index contributed by atoms with van der Waals surface area (Å²) in [5.41, 5.74) is 4.48. The molecule has 5 aromatic rings. The van der Waals surface area contributed by atoms with Gasteiger partial charge in [-0.25, -0.2) is 4.98 Å². The molecule has 0 aliphatic rings. The van der Waals surface area contributed by atoms with E-state index in [1.807, 2.05) is 60.9 Å². The van der Waals surface area contributed by atoms with Crippen molar-refractivity contribution in [2.24, 2.45) is 0 Å². The number of imidazole rings is 1. The molecule has 2 heterocycles. The summed E-state index contributed by atoms with van der Waals surface area (Å²) in [7, 11) is 0. The summed E-state index contributed by atoms with van der Waals surface area (Å²) >= 11 is 0. The molecule has 0 saturated carbocycles. The molecule has 0 fully saturated rings. The van der Waals surface area contributed by atoms with Gasteiger partial charge in [0, 0.05) is 29.2 Å². The summed E-state index contributed by atoms with van der Waals surface area (Å²) in [6.07, 6.45) is 1.83. The van der Waals surface area contributed by atoms with Gasteiger partial charge in [-0.3, -0.25) is 9.59 Å². The van der Waals surface area contributed by atoms with Gasteiger partial charge in [0.05, 0.1) is 17.4 Å². The van der Waals surface area contributed by atoms with Crippen molar-refractivity contribution in [2.45, 2.75) is 6.54 Å². The standard InChI is InChI=1S/C24H18N4O2/c29-23-13-21(27-19-6-2-1-5-18(19)23)24(30)26-17-11-9-16(10-12-17)14-28-15-25-20-7-3-4-8-22(20)28/h1-13,15H,14H2,(H,26,30)(H,27,29). The molecule has 0 bridgehead atoms. The van der Waals surface area contributed by atoms with Gasteiger partial charge in [-0.1, -0.05) is 36.4 Å². The van der Waals surface area contributed by atoms with Gasteiger partial charge in [0.2, 0.25) is 0 Å². The number of nitrogens with zero attached hydrogens (tertiary/aromatic N) is 2. The molecule has 0 saturated heterocycles. The lowest BCUT2D eigenvalue weighted by atomic mass is 10.1. The molecule has 2 N–H and O–H groups in total. The van der Waals surface area contributed by atoms with Crippen molar-refractivity contribution in [1.82, 2.24) is 14.5 Å². The minimum absolute atomic E-state index is 0.183. The molecule has 0 radical (unpaired) electrons. The van der Waals surface area contributed by atoms with Crippen LogP contribution in [0, 0.1) is 0 Å². The minimum Gasteiger partial charge on any atom is -0.350 e. The van der Waals surface area contributed by atoms with Gasteiger partial charge in [0.1, 0.15) is 5.69 Å². The van der Waals surface area contributed by atoms with Crippen LogP contribution in [0.3, 0.4) is 0 Å². The SMILES string of the molecule is O=C(Nc1ccc(Cn2cnc3ccccc32)cc1)c1cc(=O)c2ccccc2[nH]1. The number of aromatic amines is 1. The molecule has 0 unspecified atom stereocenters. The van der Waals surface area contributed by atoms with E-state index in [1.54, 1.807) is 18.2 Å². The molecule has 2 aromatic heterocycles. The second-order valence-electron chi connectivity index (χ2n) is 7.11. The first-order valence-electron chi connectivity index (χ1n) is 9.60. The number of para-hydroxylation sites is 3. The van der Waals surface area contributed by atoms with Crippen LogP contribution < -0.4 is 10.7 Å². The lowest BCUT2D eigenvalue weighted by Gasteiger charge is -2.09. The zero-order valence-corrected chi connectivity index (χ0v) is 16.0. The average molecular weight is 394 g/mol. The first-order valence-corrected chi connectivity index (χ1v) is 9.60. The Balaban J connectivity index is 1.33. The third kappa shape index (κ3) is 3.35. The fourth-order valence-electron chi connectivity index (χ4n) is 3.54. The average Bonchev–Trinajstić information content (AvgIpc) is 3.18. The molecule has 5 rings (SSSR count). The second kappa shape index (κ2) is 7.33. The smallest absolute Gasteiger partial charge is 0.272 e. The van der Waals surface area contributed by atoms with Crippen molar-refractivity contribution < 1.29 is 4.79 Å². The van der Waals surface area contributed by atoms with Gasteiger partial charge in [0.25, 0.3) is 5.91 Å². The van der Waals surface area contributed by atoms with Crippen LogP contribution in [0.25, 0.3) is 21.9 Å². The van der Waals surface area contributed by atoms with Crippen LogP contribution in [0.1, 0.15) is 16.1 Å². The molecule has 3 aromatic carbocycles. The molecule has 30 heavy (non-hydrogen) atoms. The third-order valence-corrected chi connectivity index (χ3v) is 5.07. The van der Waals surface area contributed by atoms with E-state index in [9.17, 15) is 9.59 Å². The zero-order valence-electron chi connectivity index (χ0n) is 16.0. The van der Waals surface area contributed by atoms with Crippen molar-refractivity contribution in [1.29, 1.82) is 0 Å². The topological polar surface area (TPSA) is 79.8 Å². The van der Waals surface area contributed by atoms with Crippen LogP contribution in [-0.2, 0) is 6.54 Å². The van der Waals surface area contributed by atoms with E-state index in [2.05, 4.69) is 19.9 Å². The van der Waals surface area contributed by atoms with Crippen LogP contribution in [0.15, 0.2) is 90.0 Å². The Hall–Kier alpha value is -4.19. The highest BCUT2D eigenvalue weighted by Crippen LogP contribution is 2.16. The fourth-order valence-corrected chi connectivity index (χ4v) is 3.54. The Kier molecular flexibility index (Phi) is 4.37. The highest BCUT2D eigenvalue weighted by atomic mass is 16.2. The van der Waals surface area contributed by atoms with Crippen LogP contribution in [0.5, 0.6) is 0 Å². The number of anilines is 1. The van der Waals surface area contributed by atoms with Gasteiger partial charge in [-0.05, 0) is 42.0 Å². The van der Waals surface area contributed by atoms with E-state index >= 15 is 0 Å². The molecular formula is C24H18N4O2. The summed E-state index contributed by atoms with van der Waals surface area (Å²) < 4.78 is 2.09. The first-order chi connectivity index (χ1) is 14.7. The number of nitrogens with one attached hydrogen (secondary N) is 2. The maximum absolute atomic E-state index is 12.6. The summed E-state index contributed by atoms with van der Waals surface area (Å²) in [6, 6.07) is 24.1. The molecule has 6 heteroatoms. The molecule has 6 nitrogen and oxygen atoms in total. The number of H-pyrrole nitrogens is 1. The van der Waals surface area contributed by atoms with E-state index in [1.165, 1.54) is 6.07 Å². The number of rotatable bonds is 4. The van der Waals surface area contributed by atoms with E-state index < -0.39 is 0 Å². The van der Waals surface area contributed by atoms with E-state index in [-0.39, 0.29) is 17.0 Å². The van der Waals surface area contributed by atoms with Crippen LogP contribution >= 0.6 is 0 Å². The van der Waals surface area contributed by atoms with E-state index in [4.69, 9.17) is 0 Å². The summed E-state index contributed by atoms with van der Waals surface area (Å²) in [6.45, 7) is 0.687. The molecule has 0 spiro atoms. The van der Waals surface area contributed by atoms with Gasteiger partial charge >= 0.3 is 0 Å². The quantitative estimate of drug-likeness (QED) is 0.480. The first kappa shape index (κ1) is 17.9. The largest absolute Gasteiger partial charge is 0.350 e. The molecule has 0 aliphatic heterocycles. The molecule has 0 atom stereocenters. The highest BCUT2D eigenvalue weighted by Gasteiger charge is 2.10. The van der Waals surface area contributed by atoms with Crippen molar-refractivity contribution in [3.63, 3.8) is 0 Å². The fraction of sp³-hybridized carbons (Fsp3) is 0.0417. The number of carbonyl (C=O) groups is 1. The summed E-state index contributed by atoms with van der Waals surface area (Å²) in [5.74, 6) is -0.355. The number of benzene rings is 3. The normalized spacial score (nSPS) is 11.1. The number of carbonyl (C=O) groups excluding carboxylic acids is 1. The Morgan fingerprint density at radius 1 is 0.967 bits per heavy atom. The molecular weight excluding hydrogens is 376 g/mol. The summed E-state index contributed by atoms with van der Waals surface area (Å²) in [5, 5.41) is 3.40. The van der Waals surface area contributed by atoms with Crippen molar-refractivity contribution in [3.8, 4) is 0 Å². The van der Waals surface area contributed by atoms with Crippen LogP contribution in [0.4, 0.5) is 5.69 Å². The highest BCUT2D eigenvalue weighted by molar-refractivity contribution is 6.04. The maximum atomic E-state index is 12.6. The zero-order chi connectivity index (χ0) is 20.5. The minimum atomic E-state index is -0.355. The maximum Gasteiger partial charge on any atom is 0.272 e. The molecule has 146 valence electrons. The second-order valence-corrected chi connectivity index (χ2v) is 7.11. The number of amides is 1. The number of aromatic nitrogens is 3. The Labute approximate surface area is 171 Å². The lowest BCUT2D eigenvalue weighted by molar-refractivity contribution is 0.102.